The molecule has 2 aromatic heterocycles. The first-order valence-electron chi connectivity index (χ1n) is 10.1. The topological polar surface area (TPSA) is 163 Å². The minimum Gasteiger partial charge on any atom is -0.504 e. The number of nitrogens with zero attached hydrogens (tertiary/aromatic N) is 2. The molecule has 1 unspecified atom stereocenters. The first-order valence-corrected chi connectivity index (χ1v) is 10.1. The van der Waals surface area contributed by atoms with Gasteiger partial charge in [-0.2, -0.15) is 0 Å². The summed E-state index contributed by atoms with van der Waals surface area (Å²) in [7, 11) is 1.10. The SMILES string of the molecule is COC(=O)NNC(=O)c1nc(C(=O)NC(C)CO)c(O)c2ncc(Cc3ccc(F)cc3)cc12. The first-order chi connectivity index (χ1) is 16.2. The number of methoxy groups -OCH3 is 1. The number of rotatable bonds is 6. The molecular weight excluding hydrogens is 449 g/mol. The molecule has 0 saturated heterocycles. The predicted molar refractivity (Wildman–Crippen MR) is 117 cm³/mol. The van der Waals surface area contributed by atoms with Crippen LogP contribution in [0.2, 0.25) is 0 Å². The van der Waals surface area contributed by atoms with E-state index in [9.17, 15) is 29.0 Å². The Hall–Kier alpha value is -4.32. The molecule has 0 saturated carbocycles. The largest absolute Gasteiger partial charge is 0.504 e. The van der Waals surface area contributed by atoms with E-state index in [1.807, 2.05) is 5.43 Å². The monoisotopic (exact) mass is 471 g/mol. The number of ether oxygens (including phenoxy) is 1. The molecule has 0 bridgehead atoms. The lowest BCUT2D eigenvalue weighted by Gasteiger charge is -2.15. The van der Waals surface area contributed by atoms with E-state index in [1.54, 1.807) is 18.2 Å². The van der Waals surface area contributed by atoms with E-state index >= 15 is 0 Å². The number of hydrogen-bond acceptors (Lipinski definition) is 8. The molecule has 0 fully saturated rings. The Morgan fingerprint density at radius 1 is 1.09 bits per heavy atom. The molecule has 5 N–H and O–H groups in total. The van der Waals surface area contributed by atoms with Crippen molar-refractivity contribution in [2.24, 2.45) is 0 Å². The zero-order chi connectivity index (χ0) is 24.8. The van der Waals surface area contributed by atoms with Crippen LogP contribution in [0.4, 0.5) is 9.18 Å². The van der Waals surface area contributed by atoms with Gasteiger partial charge in [0.1, 0.15) is 17.0 Å². The van der Waals surface area contributed by atoms with Crippen molar-refractivity contribution in [2.45, 2.75) is 19.4 Å². The summed E-state index contributed by atoms with van der Waals surface area (Å²) in [5.74, 6) is -2.69. The van der Waals surface area contributed by atoms with E-state index in [-0.39, 0.29) is 29.0 Å². The van der Waals surface area contributed by atoms with Gasteiger partial charge in [0, 0.05) is 17.6 Å². The predicted octanol–water partition coefficient (Wildman–Crippen LogP) is 1.18. The van der Waals surface area contributed by atoms with Crippen LogP contribution in [0.1, 0.15) is 39.0 Å². The van der Waals surface area contributed by atoms with Gasteiger partial charge < -0.3 is 20.3 Å². The van der Waals surface area contributed by atoms with Gasteiger partial charge in [-0.3, -0.25) is 20.0 Å². The second-order valence-corrected chi connectivity index (χ2v) is 7.33. The minimum atomic E-state index is -0.943. The molecule has 0 radical (unpaired) electrons. The standard InChI is InChI=1S/C22H22FN5O6/c1-11(10-29)25-20(31)18-19(30)16-15(17(26-18)21(32)27-28-22(33)34-2)8-13(9-24-16)7-12-3-5-14(23)6-4-12/h3-6,8-9,11,29-30H,7,10H2,1-2H3,(H,25,31)(H,27,32)(H,28,33). The van der Waals surface area contributed by atoms with Crippen molar-refractivity contribution in [1.29, 1.82) is 0 Å². The lowest BCUT2D eigenvalue weighted by atomic mass is 10.0. The third-order valence-corrected chi connectivity index (χ3v) is 4.74. The van der Waals surface area contributed by atoms with Crippen molar-refractivity contribution >= 4 is 28.8 Å². The molecule has 3 rings (SSSR count). The minimum absolute atomic E-state index is 0.0807. The Bertz CT molecular complexity index is 1230. The van der Waals surface area contributed by atoms with Gasteiger partial charge in [0.2, 0.25) is 0 Å². The number of carbonyl (C=O) groups excluding carboxylic acids is 3. The fraction of sp³-hybridized carbons (Fsp3) is 0.227. The Labute approximate surface area is 193 Å². The number of hydrogen-bond donors (Lipinski definition) is 5. The highest BCUT2D eigenvalue weighted by molar-refractivity contribution is 6.09. The lowest BCUT2D eigenvalue weighted by Crippen LogP contribution is -2.42. The van der Waals surface area contributed by atoms with Gasteiger partial charge in [-0.1, -0.05) is 12.1 Å². The van der Waals surface area contributed by atoms with Crippen LogP contribution in [-0.4, -0.2) is 57.8 Å². The number of pyridine rings is 2. The molecule has 3 aromatic rings. The van der Waals surface area contributed by atoms with E-state index < -0.39 is 35.4 Å². The molecule has 178 valence electrons. The van der Waals surface area contributed by atoms with Crippen LogP contribution in [0.25, 0.3) is 10.9 Å². The highest BCUT2D eigenvalue weighted by Crippen LogP contribution is 2.29. The van der Waals surface area contributed by atoms with Crippen LogP contribution < -0.4 is 16.2 Å². The second-order valence-electron chi connectivity index (χ2n) is 7.33. The summed E-state index contributed by atoms with van der Waals surface area (Å²) >= 11 is 0. The summed E-state index contributed by atoms with van der Waals surface area (Å²) < 4.78 is 17.6. The van der Waals surface area contributed by atoms with Gasteiger partial charge in [0.25, 0.3) is 11.8 Å². The van der Waals surface area contributed by atoms with E-state index in [1.165, 1.54) is 25.3 Å². The number of aromatic hydroxyl groups is 1. The van der Waals surface area contributed by atoms with Gasteiger partial charge in [0.15, 0.2) is 11.4 Å². The lowest BCUT2D eigenvalue weighted by molar-refractivity contribution is 0.0909. The molecular formula is C22H22FN5O6. The summed E-state index contributed by atoms with van der Waals surface area (Å²) in [4.78, 5) is 44.9. The maximum atomic E-state index is 13.2. The number of amides is 3. The maximum Gasteiger partial charge on any atom is 0.425 e. The molecule has 0 aliphatic carbocycles. The van der Waals surface area contributed by atoms with Crippen LogP contribution in [0.15, 0.2) is 36.5 Å². The summed E-state index contributed by atoms with van der Waals surface area (Å²) in [5, 5.41) is 22.4. The fourth-order valence-electron chi connectivity index (χ4n) is 3.04. The molecule has 0 spiro atoms. The van der Waals surface area contributed by atoms with Gasteiger partial charge in [-0.15, -0.1) is 0 Å². The van der Waals surface area contributed by atoms with E-state index in [4.69, 9.17) is 0 Å². The number of aliphatic hydroxyl groups is 1. The number of halogens is 1. The smallest absolute Gasteiger partial charge is 0.425 e. The zero-order valence-corrected chi connectivity index (χ0v) is 18.3. The molecule has 1 atom stereocenters. The number of nitrogens with one attached hydrogen (secondary N) is 3. The average Bonchev–Trinajstić information content (AvgIpc) is 2.83. The molecule has 12 heteroatoms. The number of benzene rings is 1. The Morgan fingerprint density at radius 2 is 1.79 bits per heavy atom. The summed E-state index contributed by atoms with van der Waals surface area (Å²) in [6.07, 6.45) is 0.834. The van der Waals surface area contributed by atoms with Gasteiger partial charge >= 0.3 is 6.09 Å². The number of carbonyl (C=O) groups is 3. The van der Waals surface area contributed by atoms with Crippen LogP contribution in [0.5, 0.6) is 5.75 Å². The molecule has 11 nitrogen and oxygen atoms in total. The third kappa shape index (κ3) is 5.53. The number of fused-ring (bicyclic) bond motifs is 1. The molecule has 3 amide bonds. The average molecular weight is 471 g/mol. The van der Waals surface area contributed by atoms with E-state index in [2.05, 4.69) is 25.4 Å². The van der Waals surface area contributed by atoms with Crippen molar-refractivity contribution in [3.05, 3.63) is 64.9 Å². The van der Waals surface area contributed by atoms with E-state index in [0.29, 0.717) is 12.0 Å². The van der Waals surface area contributed by atoms with Crippen LogP contribution in [0, 0.1) is 5.82 Å². The van der Waals surface area contributed by atoms with Gasteiger partial charge in [-0.25, -0.2) is 19.6 Å². The van der Waals surface area contributed by atoms with Crippen LogP contribution >= 0.6 is 0 Å². The third-order valence-electron chi connectivity index (χ3n) is 4.74. The molecule has 0 aliphatic rings. The van der Waals surface area contributed by atoms with Gasteiger partial charge in [-0.05, 0) is 42.7 Å². The quantitative estimate of drug-likeness (QED) is 0.335. The maximum absolute atomic E-state index is 13.2. The molecule has 2 heterocycles. The number of aliphatic hydroxyl groups excluding tert-OH is 1. The number of aromatic nitrogens is 2. The fourth-order valence-corrected chi connectivity index (χ4v) is 3.04. The molecule has 0 aliphatic heterocycles. The van der Waals surface area contributed by atoms with Crippen molar-refractivity contribution < 1.29 is 33.7 Å². The normalized spacial score (nSPS) is 11.5. The van der Waals surface area contributed by atoms with Crippen molar-refractivity contribution in [3.63, 3.8) is 0 Å². The highest BCUT2D eigenvalue weighted by atomic mass is 19.1. The Morgan fingerprint density at radius 3 is 2.44 bits per heavy atom. The molecule has 34 heavy (non-hydrogen) atoms. The van der Waals surface area contributed by atoms with Crippen molar-refractivity contribution in [2.75, 3.05) is 13.7 Å². The van der Waals surface area contributed by atoms with Crippen LogP contribution in [0.3, 0.4) is 0 Å². The second kappa shape index (κ2) is 10.5. The van der Waals surface area contributed by atoms with E-state index in [0.717, 1.165) is 12.7 Å². The van der Waals surface area contributed by atoms with Crippen molar-refractivity contribution in [3.8, 4) is 5.75 Å². The highest BCUT2D eigenvalue weighted by Gasteiger charge is 2.24. The van der Waals surface area contributed by atoms with Crippen molar-refractivity contribution in [1.82, 2.24) is 26.1 Å². The summed E-state index contributed by atoms with van der Waals surface area (Å²) in [6.45, 7) is 1.17. The Balaban J connectivity index is 2.07. The number of hydrazine groups is 1. The first kappa shape index (κ1) is 24.3. The Kier molecular flexibility index (Phi) is 7.53. The summed E-state index contributed by atoms with van der Waals surface area (Å²) in [5.41, 5.74) is 4.62. The molecule has 1 aromatic carbocycles. The zero-order valence-electron chi connectivity index (χ0n) is 18.3. The summed E-state index contributed by atoms with van der Waals surface area (Å²) in [6, 6.07) is 6.72. The van der Waals surface area contributed by atoms with Gasteiger partial charge in [0.05, 0.1) is 13.7 Å². The van der Waals surface area contributed by atoms with Crippen LogP contribution in [-0.2, 0) is 11.2 Å².